The lowest BCUT2D eigenvalue weighted by atomic mass is 10.1. The Morgan fingerprint density at radius 3 is 2.70 bits per heavy atom. The largest absolute Gasteiger partial charge is 0.360 e. The molecule has 134 valence electrons. The summed E-state index contributed by atoms with van der Waals surface area (Å²) >= 11 is 7.26. The van der Waals surface area contributed by atoms with Gasteiger partial charge in [-0.05, 0) is 31.2 Å². The van der Waals surface area contributed by atoms with E-state index in [1.54, 1.807) is 37.4 Å². The number of pyridine rings is 1. The number of rotatable bonds is 4. The molecule has 27 heavy (non-hydrogen) atoms. The molecule has 0 atom stereocenters. The van der Waals surface area contributed by atoms with Gasteiger partial charge in [0, 0.05) is 22.2 Å². The van der Waals surface area contributed by atoms with E-state index in [0.717, 1.165) is 11.3 Å². The first-order valence-electron chi connectivity index (χ1n) is 8.02. The number of nitrogens with zero attached hydrogens (tertiary/aromatic N) is 3. The topological polar surface area (TPSA) is 80.9 Å². The number of nitrogens with one attached hydrogen (secondary N) is 1. The number of amides is 1. The van der Waals surface area contributed by atoms with Gasteiger partial charge in [0.1, 0.15) is 22.7 Å². The first-order valence-corrected chi connectivity index (χ1v) is 9.28. The van der Waals surface area contributed by atoms with Crippen LogP contribution in [0.5, 0.6) is 0 Å². The molecule has 0 saturated carbocycles. The van der Waals surface area contributed by atoms with Gasteiger partial charge in [-0.15, -0.1) is 11.3 Å². The average molecular weight is 397 g/mol. The Kier molecular flexibility index (Phi) is 4.70. The minimum atomic E-state index is -0.333. The number of hydrogen-bond donors (Lipinski definition) is 1. The Balaban J connectivity index is 1.60. The quantitative estimate of drug-likeness (QED) is 0.520. The molecule has 0 unspecified atom stereocenters. The molecule has 0 spiro atoms. The molecule has 4 aromatic rings. The summed E-state index contributed by atoms with van der Waals surface area (Å²) in [6.07, 6.45) is 1.70. The first kappa shape index (κ1) is 17.4. The van der Waals surface area contributed by atoms with Crippen LogP contribution in [0, 0.1) is 6.92 Å². The van der Waals surface area contributed by atoms with Gasteiger partial charge in [0.2, 0.25) is 0 Å². The Labute approximate surface area is 163 Å². The Bertz CT molecular complexity index is 1090. The van der Waals surface area contributed by atoms with Gasteiger partial charge in [-0.2, -0.15) is 0 Å². The molecule has 3 heterocycles. The number of hydrogen-bond acceptors (Lipinski definition) is 6. The van der Waals surface area contributed by atoms with Crippen molar-refractivity contribution >= 4 is 34.0 Å². The Morgan fingerprint density at radius 2 is 1.96 bits per heavy atom. The van der Waals surface area contributed by atoms with Crippen molar-refractivity contribution in [3.63, 3.8) is 0 Å². The highest BCUT2D eigenvalue weighted by molar-refractivity contribution is 7.14. The fraction of sp³-hybridized carbons (Fsp3) is 0.0526. The molecule has 6 nitrogen and oxygen atoms in total. The second-order valence-corrected chi connectivity index (χ2v) is 6.97. The van der Waals surface area contributed by atoms with Gasteiger partial charge in [0.25, 0.3) is 5.91 Å². The molecule has 0 fully saturated rings. The fourth-order valence-corrected chi connectivity index (χ4v) is 3.39. The lowest BCUT2D eigenvalue weighted by molar-refractivity contribution is 0.102. The normalized spacial score (nSPS) is 10.7. The van der Waals surface area contributed by atoms with Crippen LogP contribution < -0.4 is 5.32 Å². The maximum absolute atomic E-state index is 12.8. The number of benzene rings is 1. The van der Waals surface area contributed by atoms with Crippen LogP contribution in [0.2, 0.25) is 5.02 Å². The zero-order valence-corrected chi connectivity index (χ0v) is 15.7. The maximum Gasteiger partial charge on any atom is 0.263 e. The zero-order valence-electron chi connectivity index (χ0n) is 14.1. The summed E-state index contributed by atoms with van der Waals surface area (Å²) in [5, 5.41) is 9.76. The lowest BCUT2D eigenvalue weighted by Gasteiger charge is -2.03. The van der Waals surface area contributed by atoms with Crippen molar-refractivity contribution in [3.8, 4) is 22.6 Å². The van der Waals surface area contributed by atoms with Gasteiger partial charge in [-0.1, -0.05) is 35.0 Å². The van der Waals surface area contributed by atoms with E-state index in [1.807, 2.05) is 23.6 Å². The number of carbonyl (C=O) groups excluding carboxylic acids is 1. The molecule has 1 aromatic carbocycles. The van der Waals surface area contributed by atoms with Crippen LogP contribution in [0.1, 0.15) is 16.1 Å². The van der Waals surface area contributed by atoms with Gasteiger partial charge in [0.15, 0.2) is 5.13 Å². The van der Waals surface area contributed by atoms with Crippen molar-refractivity contribution in [1.82, 2.24) is 15.1 Å². The average Bonchev–Trinajstić information content (AvgIpc) is 3.30. The van der Waals surface area contributed by atoms with Gasteiger partial charge >= 0.3 is 0 Å². The van der Waals surface area contributed by atoms with Crippen LogP contribution in [0.25, 0.3) is 22.6 Å². The van der Waals surface area contributed by atoms with Crippen LogP contribution >= 0.6 is 22.9 Å². The second-order valence-electron chi connectivity index (χ2n) is 5.68. The van der Waals surface area contributed by atoms with E-state index in [9.17, 15) is 4.79 Å². The Morgan fingerprint density at radius 1 is 1.15 bits per heavy atom. The van der Waals surface area contributed by atoms with E-state index in [0.29, 0.717) is 32.9 Å². The predicted molar refractivity (Wildman–Crippen MR) is 105 cm³/mol. The summed E-state index contributed by atoms with van der Waals surface area (Å²) in [5.74, 6) is 0.0968. The maximum atomic E-state index is 12.8. The van der Waals surface area contributed by atoms with Crippen LogP contribution in [0.3, 0.4) is 0 Å². The predicted octanol–water partition coefficient (Wildman–Crippen LogP) is 5.07. The highest BCUT2D eigenvalue weighted by atomic mass is 35.5. The van der Waals surface area contributed by atoms with E-state index in [1.165, 1.54) is 11.3 Å². The molecule has 0 aliphatic rings. The number of aryl methyl sites for hydroxylation is 1. The molecular formula is C19H13ClN4O2S. The van der Waals surface area contributed by atoms with Crippen LogP contribution in [-0.4, -0.2) is 21.0 Å². The molecule has 0 aliphatic carbocycles. The van der Waals surface area contributed by atoms with Gasteiger partial charge in [-0.3, -0.25) is 15.1 Å². The van der Waals surface area contributed by atoms with Crippen LogP contribution in [-0.2, 0) is 0 Å². The third kappa shape index (κ3) is 3.60. The van der Waals surface area contributed by atoms with E-state index in [-0.39, 0.29) is 5.91 Å². The summed E-state index contributed by atoms with van der Waals surface area (Å²) in [6.45, 7) is 1.70. The number of thiazole rings is 1. The molecule has 0 saturated heterocycles. The van der Waals surface area contributed by atoms with Crippen molar-refractivity contribution in [2.75, 3.05) is 5.32 Å². The third-order valence-corrected chi connectivity index (χ3v) is 4.87. The number of anilines is 1. The zero-order chi connectivity index (χ0) is 18.8. The van der Waals surface area contributed by atoms with Crippen molar-refractivity contribution in [1.29, 1.82) is 0 Å². The fourth-order valence-electron chi connectivity index (χ4n) is 2.57. The summed E-state index contributed by atoms with van der Waals surface area (Å²) in [7, 11) is 0. The summed E-state index contributed by atoms with van der Waals surface area (Å²) in [4.78, 5) is 21.5. The molecule has 1 amide bonds. The molecular weight excluding hydrogens is 384 g/mol. The SMILES string of the molecule is Cc1onc(-c2ccc(Cl)cc2)c1C(=O)Nc1nc(-c2ccccn2)cs1. The van der Waals surface area contributed by atoms with E-state index in [2.05, 4.69) is 20.4 Å². The molecule has 0 aliphatic heterocycles. The van der Waals surface area contributed by atoms with Crippen molar-refractivity contribution < 1.29 is 9.32 Å². The van der Waals surface area contributed by atoms with E-state index in [4.69, 9.17) is 16.1 Å². The highest BCUT2D eigenvalue weighted by Gasteiger charge is 2.22. The minimum absolute atomic E-state index is 0.333. The Hall–Kier alpha value is -3.03. The molecule has 3 aromatic heterocycles. The van der Waals surface area contributed by atoms with Crippen molar-refractivity contribution in [3.05, 3.63) is 70.4 Å². The molecule has 1 N–H and O–H groups in total. The highest BCUT2D eigenvalue weighted by Crippen LogP contribution is 2.28. The molecule has 4 rings (SSSR count). The van der Waals surface area contributed by atoms with E-state index >= 15 is 0 Å². The molecule has 8 heteroatoms. The van der Waals surface area contributed by atoms with Crippen LogP contribution in [0.15, 0.2) is 58.6 Å². The lowest BCUT2D eigenvalue weighted by Crippen LogP contribution is -2.13. The van der Waals surface area contributed by atoms with Crippen molar-refractivity contribution in [2.24, 2.45) is 0 Å². The number of carbonyl (C=O) groups is 1. The van der Waals surface area contributed by atoms with Crippen molar-refractivity contribution in [2.45, 2.75) is 6.92 Å². The van der Waals surface area contributed by atoms with E-state index < -0.39 is 0 Å². The summed E-state index contributed by atoms with van der Waals surface area (Å²) < 4.78 is 5.24. The first-order chi connectivity index (χ1) is 13.1. The standard InChI is InChI=1S/C19H13ClN4O2S/c1-11-16(17(24-26-11)12-5-7-13(20)8-6-12)18(25)23-19-22-15(10-27-19)14-4-2-3-9-21-14/h2-10H,1H3,(H,22,23,25). The van der Waals surface area contributed by atoms with Gasteiger partial charge in [0.05, 0.1) is 5.69 Å². The van der Waals surface area contributed by atoms with Crippen LogP contribution in [0.4, 0.5) is 5.13 Å². The summed E-state index contributed by atoms with van der Waals surface area (Å²) in [6, 6.07) is 12.6. The van der Waals surface area contributed by atoms with Gasteiger partial charge < -0.3 is 4.52 Å². The smallest absolute Gasteiger partial charge is 0.263 e. The minimum Gasteiger partial charge on any atom is -0.360 e. The number of halogens is 1. The van der Waals surface area contributed by atoms with Gasteiger partial charge in [-0.25, -0.2) is 4.98 Å². The second kappa shape index (κ2) is 7.30. The number of aromatic nitrogens is 3. The summed E-state index contributed by atoms with van der Waals surface area (Å²) in [5.41, 5.74) is 3.03. The molecule has 0 bridgehead atoms. The monoisotopic (exact) mass is 396 g/mol. The molecule has 0 radical (unpaired) electrons. The third-order valence-electron chi connectivity index (χ3n) is 3.86.